The molecule has 6 heteroatoms. The summed E-state index contributed by atoms with van der Waals surface area (Å²) in [5.41, 5.74) is 1.27. The van der Waals surface area contributed by atoms with Crippen LogP contribution >= 0.6 is 0 Å². The van der Waals surface area contributed by atoms with Gasteiger partial charge in [0.15, 0.2) is 0 Å². The number of carbonyl (C=O) groups is 1. The van der Waals surface area contributed by atoms with E-state index in [-0.39, 0.29) is 4.90 Å². The summed E-state index contributed by atoms with van der Waals surface area (Å²) in [5, 5.41) is 0. The molecule has 110 valence electrons. The molecule has 1 N–H and O–H groups in total. The molecule has 0 fully saturated rings. The molecule has 0 aromatic heterocycles. The first-order valence-corrected chi connectivity index (χ1v) is 7.69. The zero-order valence-electron chi connectivity index (χ0n) is 11.7. The molecule has 2 aromatic carbocycles. The summed E-state index contributed by atoms with van der Waals surface area (Å²) in [5.74, 6) is -0.502. The Labute approximate surface area is 123 Å². The van der Waals surface area contributed by atoms with Gasteiger partial charge in [0, 0.05) is 5.69 Å². The Morgan fingerprint density at radius 3 is 2.33 bits per heavy atom. The molecule has 5 nitrogen and oxygen atoms in total. The Balaban J connectivity index is 2.35. The molecule has 0 aliphatic rings. The Hall–Kier alpha value is -2.34. The van der Waals surface area contributed by atoms with Gasteiger partial charge in [-0.25, -0.2) is 13.2 Å². The van der Waals surface area contributed by atoms with Crippen molar-refractivity contribution in [3.05, 3.63) is 59.7 Å². The highest BCUT2D eigenvalue weighted by atomic mass is 32.2. The third kappa shape index (κ3) is 3.41. The van der Waals surface area contributed by atoms with Crippen molar-refractivity contribution < 1.29 is 17.9 Å². The Bertz CT molecular complexity index is 754. The SMILES string of the molecule is COC(=O)c1ccc(S(=O)(=O)Nc2ccccc2)c(C)c1. The summed E-state index contributed by atoms with van der Waals surface area (Å²) in [6.45, 7) is 1.63. The molecule has 0 atom stereocenters. The summed E-state index contributed by atoms with van der Waals surface area (Å²) in [4.78, 5) is 11.6. The van der Waals surface area contributed by atoms with Crippen molar-refractivity contribution in [3.8, 4) is 0 Å². The minimum absolute atomic E-state index is 0.124. The quantitative estimate of drug-likeness (QED) is 0.881. The van der Waals surface area contributed by atoms with Gasteiger partial charge in [-0.1, -0.05) is 18.2 Å². The summed E-state index contributed by atoms with van der Waals surface area (Å²) >= 11 is 0. The Morgan fingerprint density at radius 2 is 1.76 bits per heavy atom. The van der Waals surface area contributed by atoms with E-state index >= 15 is 0 Å². The van der Waals surface area contributed by atoms with Crippen molar-refractivity contribution in [2.45, 2.75) is 11.8 Å². The van der Waals surface area contributed by atoms with Gasteiger partial charge in [0.1, 0.15) is 0 Å². The fraction of sp³-hybridized carbons (Fsp3) is 0.133. The average Bonchev–Trinajstić information content (AvgIpc) is 2.46. The fourth-order valence-corrected chi connectivity index (χ4v) is 3.20. The predicted octanol–water partition coefficient (Wildman–Crippen LogP) is 2.58. The van der Waals surface area contributed by atoms with E-state index in [0.29, 0.717) is 16.8 Å². The molecular formula is C15H15NO4S. The van der Waals surface area contributed by atoms with Gasteiger partial charge in [0.05, 0.1) is 17.6 Å². The smallest absolute Gasteiger partial charge is 0.337 e. The Kier molecular flexibility index (Phi) is 4.28. The summed E-state index contributed by atoms with van der Waals surface area (Å²) in [6.07, 6.45) is 0. The van der Waals surface area contributed by atoms with Crippen LogP contribution in [0.15, 0.2) is 53.4 Å². The summed E-state index contributed by atoms with van der Waals surface area (Å²) < 4.78 is 31.8. The van der Waals surface area contributed by atoms with Gasteiger partial charge in [-0.05, 0) is 42.8 Å². The molecule has 0 unspecified atom stereocenters. The third-order valence-corrected chi connectivity index (χ3v) is 4.45. The molecule has 0 bridgehead atoms. The van der Waals surface area contributed by atoms with Crippen molar-refractivity contribution in [3.63, 3.8) is 0 Å². The van der Waals surface area contributed by atoms with Crippen LogP contribution in [0, 0.1) is 6.92 Å². The van der Waals surface area contributed by atoms with Gasteiger partial charge in [-0.3, -0.25) is 4.72 Å². The zero-order chi connectivity index (χ0) is 15.5. The first kappa shape index (κ1) is 15.1. The number of ether oxygens (including phenoxy) is 1. The number of aryl methyl sites for hydroxylation is 1. The number of hydrogen-bond donors (Lipinski definition) is 1. The number of benzene rings is 2. The van der Waals surface area contributed by atoms with Crippen LogP contribution in [0.25, 0.3) is 0 Å². The number of methoxy groups -OCH3 is 1. The van der Waals surface area contributed by atoms with Crippen molar-refractivity contribution in [2.24, 2.45) is 0 Å². The first-order valence-electron chi connectivity index (χ1n) is 6.21. The number of para-hydroxylation sites is 1. The van der Waals surface area contributed by atoms with Crippen LogP contribution in [0.3, 0.4) is 0 Å². The first-order chi connectivity index (χ1) is 9.94. The molecule has 21 heavy (non-hydrogen) atoms. The molecule has 0 amide bonds. The summed E-state index contributed by atoms with van der Waals surface area (Å²) in [7, 11) is -2.42. The van der Waals surface area contributed by atoms with Crippen LogP contribution in [0.1, 0.15) is 15.9 Å². The number of anilines is 1. The molecule has 0 saturated heterocycles. The van der Waals surface area contributed by atoms with E-state index in [2.05, 4.69) is 9.46 Å². The lowest BCUT2D eigenvalue weighted by Crippen LogP contribution is -2.14. The van der Waals surface area contributed by atoms with Gasteiger partial charge in [0.25, 0.3) is 10.0 Å². The minimum atomic E-state index is -3.70. The topological polar surface area (TPSA) is 72.5 Å². The molecule has 2 rings (SSSR count). The lowest BCUT2D eigenvalue weighted by molar-refractivity contribution is 0.0600. The number of hydrogen-bond acceptors (Lipinski definition) is 4. The molecular weight excluding hydrogens is 290 g/mol. The predicted molar refractivity (Wildman–Crippen MR) is 79.8 cm³/mol. The molecule has 0 aliphatic carbocycles. The molecule has 0 saturated carbocycles. The maximum absolute atomic E-state index is 12.3. The number of esters is 1. The molecule has 0 spiro atoms. The fourth-order valence-electron chi connectivity index (χ4n) is 1.91. The van der Waals surface area contributed by atoms with E-state index in [1.54, 1.807) is 37.3 Å². The minimum Gasteiger partial charge on any atom is -0.465 e. The maximum Gasteiger partial charge on any atom is 0.337 e. The lowest BCUT2D eigenvalue weighted by atomic mass is 10.1. The van der Waals surface area contributed by atoms with Crippen molar-refractivity contribution in [1.29, 1.82) is 0 Å². The van der Waals surface area contributed by atoms with E-state index in [1.807, 2.05) is 0 Å². The van der Waals surface area contributed by atoms with Gasteiger partial charge in [0.2, 0.25) is 0 Å². The number of rotatable bonds is 4. The van der Waals surface area contributed by atoms with Crippen LogP contribution in [-0.2, 0) is 14.8 Å². The summed E-state index contributed by atoms with van der Waals surface area (Å²) in [6, 6.07) is 12.9. The zero-order valence-corrected chi connectivity index (χ0v) is 12.5. The maximum atomic E-state index is 12.3. The molecule has 2 aromatic rings. The lowest BCUT2D eigenvalue weighted by Gasteiger charge is -2.11. The second kappa shape index (κ2) is 5.97. The van der Waals surface area contributed by atoms with Gasteiger partial charge >= 0.3 is 5.97 Å². The molecule has 0 heterocycles. The van der Waals surface area contributed by atoms with E-state index in [1.165, 1.54) is 25.3 Å². The number of nitrogens with one attached hydrogen (secondary N) is 1. The molecule has 0 radical (unpaired) electrons. The second-order valence-electron chi connectivity index (χ2n) is 4.44. The van der Waals surface area contributed by atoms with Crippen molar-refractivity contribution in [1.82, 2.24) is 0 Å². The Morgan fingerprint density at radius 1 is 1.10 bits per heavy atom. The van der Waals surface area contributed by atoms with Crippen LogP contribution < -0.4 is 4.72 Å². The number of sulfonamides is 1. The largest absolute Gasteiger partial charge is 0.465 e. The van der Waals surface area contributed by atoms with E-state index in [9.17, 15) is 13.2 Å². The van der Waals surface area contributed by atoms with Crippen LogP contribution in [0.4, 0.5) is 5.69 Å². The third-order valence-electron chi connectivity index (χ3n) is 2.91. The monoisotopic (exact) mass is 305 g/mol. The van der Waals surface area contributed by atoms with E-state index in [4.69, 9.17) is 0 Å². The van der Waals surface area contributed by atoms with E-state index in [0.717, 1.165) is 0 Å². The van der Waals surface area contributed by atoms with Gasteiger partial charge in [-0.2, -0.15) is 0 Å². The van der Waals surface area contributed by atoms with E-state index < -0.39 is 16.0 Å². The normalized spacial score (nSPS) is 11.0. The van der Waals surface area contributed by atoms with Crippen LogP contribution in [0.5, 0.6) is 0 Å². The van der Waals surface area contributed by atoms with Crippen LogP contribution in [0.2, 0.25) is 0 Å². The standard InChI is InChI=1S/C15H15NO4S/c1-11-10-12(15(17)20-2)8-9-14(11)21(18,19)16-13-6-4-3-5-7-13/h3-10,16H,1-2H3. The average molecular weight is 305 g/mol. The van der Waals surface area contributed by atoms with Gasteiger partial charge in [-0.15, -0.1) is 0 Å². The highest BCUT2D eigenvalue weighted by molar-refractivity contribution is 7.92. The van der Waals surface area contributed by atoms with Crippen LogP contribution in [-0.4, -0.2) is 21.5 Å². The number of carbonyl (C=O) groups excluding carboxylic acids is 1. The molecule has 0 aliphatic heterocycles. The van der Waals surface area contributed by atoms with Crippen molar-refractivity contribution in [2.75, 3.05) is 11.8 Å². The highest BCUT2D eigenvalue weighted by Gasteiger charge is 2.18. The van der Waals surface area contributed by atoms with Gasteiger partial charge < -0.3 is 4.74 Å². The van der Waals surface area contributed by atoms with Crippen molar-refractivity contribution >= 4 is 21.7 Å². The highest BCUT2D eigenvalue weighted by Crippen LogP contribution is 2.20. The second-order valence-corrected chi connectivity index (χ2v) is 6.09.